The van der Waals surface area contributed by atoms with Crippen LogP contribution in [-0.4, -0.2) is 39.1 Å². The Bertz CT molecular complexity index is 1330. The van der Waals surface area contributed by atoms with E-state index in [0.717, 1.165) is 17.4 Å². The minimum absolute atomic E-state index is 0.0141. The first-order chi connectivity index (χ1) is 17.3. The number of hydrogen-bond acceptors (Lipinski definition) is 8. The third-order valence-corrected chi connectivity index (χ3v) is 7.05. The van der Waals surface area contributed by atoms with Crippen LogP contribution in [0.4, 0.5) is 18.2 Å². The highest BCUT2D eigenvalue weighted by Gasteiger charge is 2.34. The molecule has 13 heteroatoms. The Kier molecular flexibility index (Phi) is 8.59. The molecule has 0 aliphatic rings. The van der Waals surface area contributed by atoms with Crippen molar-refractivity contribution in [3.05, 3.63) is 58.1 Å². The molecule has 196 valence electrons. The molecule has 3 N–H and O–H groups in total. The van der Waals surface area contributed by atoms with Crippen molar-refractivity contribution >= 4 is 45.9 Å². The number of benzene rings is 1. The molecule has 2 heterocycles. The zero-order valence-corrected chi connectivity index (χ0v) is 21.8. The van der Waals surface area contributed by atoms with Crippen molar-refractivity contribution in [2.75, 3.05) is 5.32 Å². The van der Waals surface area contributed by atoms with Crippen molar-refractivity contribution in [1.29, 1.82) is 0 Å². The average molecular weight is 553 g/mol. The van der Waals surface area contributed by atoms with Crippen LogP contribution in [0.1, 0.15) is 52.1 Å². The summed E-state index contributed by atoms with van der Waals surface area (Å²) in [5.74, 6) is -2.18. The highest BCUT2D eigenvalue weighted by Crippen LogP contribution is 2.36. The summed E-state index contributed by atoms with van der Waals surface area (Å²) in [6, 6.07) is 9.12. The molecule has 0 fully saturated rings. The Hall–Kier alpha value is -3.45. The van der Waals surface area contributed by atoms with Crippen molar-refractivity contribution in [3.8, 4) is 11.3 Å². The number of ether oxygens (including phenoxy) is 1. The van der Waals surface area contributed by atoms with Gasteiger partial charge in [-0.25, -0.2) is 14.8 Å². The van der Waals surface area contributed by atoms with E-state index in [1.165, 1.54) is 13.8 Å². The molecule has 0 saturated carbocycles. The van der Waals surface area contributed by atoms with Gasteiger partial charge in [-0.2, -0.15) is 13.2 Å². The molecule has 0 radical (unpaired) electrons. The summed E-state index contributed by atoms with van der Waals surface area (Å²) in [7, 11) is 0. The van der Waals surface area contributed by atoms with Crippen LogP contribution in [0, 0.1) is 6.92 Å². The van der Waals surface area contributed by atoms with Crippen LogP contribution >= 0.6 is 23.1 Å². The number of primary amides is 1. The van der Waals surface area contributed by atoms with Crippen molar-refractivity contribution in [2.24, 2.45) is 5.73 Å². The number of esters is 1. The van der Waals surface area contributed by atoms with Crippen molar-refractivity contribution in [3.63, 3.8) is 0 Å². The Balaban J connectivity index is 1.90. The molecule has 0 spiro atoms. The largest absolute Gasteiger partial charge is 0.459 e. The molecule has 37 heavy (non-hydrogen) atoms. The zero-order valence-electron chi connectivity index (χ0n) is 20.2. The van der Waals surface area contributed by atoms with Gasteiger partial charge in [0.2, 0.25) is 5.91 Å². The SMILES string of the molecule is Cc1c(C(N)=O)sc(NC(=O)[C@H](C)Sc2nc(-c3ccccc3)cc(C(F)(F)F)n2)c1C(=O)OC(C)C. The van der Waals surface area contributed by atoms with Crippen LogP contribution in [0.2, 0.25) is 0 Å². The second kappa shape index (κ2) is 11.3. The minimum atomic E-state index is -4.72. The normalized spacial score (nSPS) is 12.3. The quantitative estimate of drug-likeness (QED) is 0.220. The summed E-state index contributed by atoms with van der Waals surface area (Å²) in [6.07, 6.45) is -5.18. The lowest BCUT2D eigenvalue weighted by Gasteiger charge is -2.14. The average Bonchev–Trinajstić information content (AvgIpc) is 3.14. The highest BCUT2D eigenvalue weighted by molar-refractivity contribution is 8.00. The number of aromatic nitrogens is 2. The third kappa shape index (κ3) is 6.86. The number of amides is 2. The van der Waals surface area contributed by atoms with Crippen LogP contribution < -0.4 is 11.1 Å². The van der Waals surface area contributed by atoms with E-state index in [1.807, 2.05) is 0 Å². The van der Waals surface area contributed by atoms with Crippen LogP contribution in [0.3, 0.4) is 0 Å². The number of carbonyl (C=O) groups excluding carboxylic acids is 3. The van der Waals surface area contributed by atoms with Gasteiger partial charge in [0.25, 0.3) is 5.91 Å². The molecule has 2 aromatic heterocycles. The molecule has 1 atom stereocenters. The van der Waals surface area contributed by atoms with Crippen LogP contribution in [0.5, 0.6) is 0 Å². The van der Waals surface area contributed by atoms with Crippen LogP contribution in [0.15, 0.2) is 41.6 Å². The fraction of sp³-hybridized carbons (Fsp3) is 0.292. The zero-order chi connectivity index (χ0) is 27.5. The van der Waals surface area contributed by atoms with Crippen molar-refractivity contribution in [2.45, 2.75) is 50.4 Å². The molecule has 0 aliphatic carbocycles. The lowest BCUT2D eigenvalue weighted by Crippen LogP contribution is -2.24. The van der Waals surface area contributed by atoms with E-state index in [0.29, 0.717) is 17.3 Å². The molecule has 0 aliphatic heterocycles. The number of rotatable bonds is 8. The Morgan fingerprint density at radius 1 is 1.11 bits per heavy atom. The van der Waals surface area contributed by atoms with Gasteiger partial charge >= 0.3 is 12.1 Å². The first-order valence-electron chi connectivity index (χ1n) is 10.9. The van der Waals surface area contributed by atoms with Crippen LogP contribution in [0.25, 0.3) is 11.3 Å². The lowest BCUT2D eigenvalue weighted by atomic mass is 10.1. The number of halogens is 3. The Labute approximate surface area is 218 Å². The second-order valence-corrected chi connectivity index (χ2v) is 10.4. The van der Waals surface area contributed by atoms with E-state index in [1.54, 1.807) is 44.2 Å². The number of nitrogens with one attached hydrogen (secondary N) is 1. The van der Waals surface area contributed by atoms with E-state index in [4.69, 9.17) is 10.5 Å². The van der Waals surface area contributed by atoms with Gasteiger partial charge in [-0.1, -0.05) is 42.1 Å². The maximum absolute atomic E-state index is 13.5. The fourth-order valence-electron chi connectivity index (χ4n) is 3.16. The van der Waals surface area contributed by atoms with Gasteiger partial charge in [0.05, 0.1) is 27.5 Å². The van der Waals surface area contributed by atoms with Gasteiger partial charge in [-0.15, -0.1) is 11.3 Å². The van der Waals surface area contributed by atoms with Crippen molar-refractivity contribution < 1.29 is 32.3 Å². The maximum Gasteiger partial charge on any atom is 0.433 e. The first-order valence-corrected chi connectivity index (χ1v) is 12.6. The second-order valence-electron chi connectivity index (χ2n) is 8.11. The van der Waals surface area contributed by atoms with Gasteiger partial charge in [0.15, 0.2) is 5.16 Å². The van der Waals surface area contributed by atoms with E-state index in [9.17, 15) is 27.6 Å². The number of nitrogens with zero attached hydrogens (tertiary/aromatic N) is 2. The number of carbonyl (C=O) groups is 3. The number of thiophene rings is 1. The highest BCUT2D eigenvalue weighted by atomic mass is 32.2. The fourth-order valence-corrected chi connectivity index (χ4v) is 4.99. The minimum Gasteiger partial charge on any atom is -0.459 e. The van der Waals surface area contributed by atoms with E-state index < -0.39 is 41.0 Å². The molecule has 1 aromatic carbocycles. The lowest BCUT2D eigenvalue weighted by molar-refractivity contribution is -0.141. The van der Waals surface area contributed by atoms with Gasteiger partial charge in [0.1, 0.15) is 10.7 Å². The molecule has 3 aromatic rings. The topological polar surface area (TPSA) is 124 Å². The van der Waals surface area contributed by atoms with Gasteiger partial charge in [0, 0.05) is 5.56 Å². The molecule has 3 rings (SSSR count). The number of anilines is 1. The predicted octanol–water partition coefficient (Wildman–Crippen LogP) is 5.32. The molecule has 8 nitrogen and oxygen atoms in total. The number of hydrogen-bond donors (Lipinski definition) is 2. The number of thioether (sulfide) groups is 1. The summed E-state index contributed by atoms with van der Waals surface area (Å²) in [5.41, 5.74) is 5.00. The molecule has 2 amide bonds. The smallest absolute Gasteiger partial charge is 0.433 e. The molecule has 0 bridgehead atoms. The van der Waals surface area contributed by atoms with Crippen molar-refractivity contribution in [1.82, 2.24) is 9.97 Å². The molecule has 0 unspecified atom stereocenters. The monoisotopic (exact) mass is 552 g/mol. The number of nitrogens with two attached hydrogens (primary N) is 1. The molecular formula is C24H23F3N4O4S2. The standard InChI is InChI=1S/C24H23F3N4O4S2/c1-11(2)35-22(34)17-12(3)18(19(28)32)37-21(17)31-20(33)13(4)36-23-29-15(14-8-6-5-7-9-14)10-16(30-23)24(25,26)27/h5-11,13H,1-4H3,(H2,28,32)(H,31,33)/t13-/m0/s1. The van der Waals surface area contributed by atoms with E-state index in [2.05, 4.69) is 15.3 Å². The number of alkyl halides is 3. The summed E-state index contributed by atoms with van der Waals surface area (Å²) < 4.78 is 45.7. The van der Waals surface area contributed by atoms with Gasteiger partial charge in [-0.3, -0.25) is 9.59 Å². The Morgan fingerprint density at radius 3 is 2.32 bits per heavy atom. The summed E-state index contributed by atoms with van der Waals surface area (Å²) in [4.78, 5) is 45.3. The maximum atomic E-state index is 13.5. The Morgan fingerprint density at radius 2 is 1.76 bits per heavy atom. The molecule has 0 saturated heterocycles. The summed E-state index contributed by atoms with van der Waals surface area (Å²) >= 11 is 1.53. The summed E-state index contributed by atoms with van der Waals surface area (Å²) in [6.45, 7) is 6.24. The molecular weight excluding hydrogens is 529 g/mol. The first kappa shape index (κ1) is 28.1. The summed E-state index contributed by atoms with van der Waals surface area (Å²) in [5, 5.41) is 1.38. The third-order valence-electron chi connectivity index (χ3n) is 4.87. The van der Waals surface area contributed by atoms with Gasteiger partial charge in [-0.05, 0) is 39.3 Å². The van der Waals surface area contributed by atoms with Gasteiger partial charge < -0.3 is 15.8 Å². The van der Waals surface area contributed by atoms with Crippen LogP contribution in [-0.2, 0) is 15.7 Å². The van der Waals surface area contributed by atoms with E-state index in [-0.39, 0.29) is 31.9 Å². The van der Waals surface area contributed by atoms with E-state index >= 15 is 0 Å². The predicted molar refractivity (Wildman–Crippen MR) is 135 cm³/mol.